The molecule has 2 heterocycles. The fourth-order valence-electron chi connectivity index (χ4n) is 3.38. The van der Waals surface area contributed by atoms with Gasteiger partial charge in [0.25, 0.3) is 0 Å². The number of piperidine rings is 1. The topological polar surface area (TPSA) is 12.5 Å². The quantitative estimate of drug-likeness (QED) is 0.777. The average Bonchev–Trinajstić information content (AvgIpc) is 2.52. The van der Waals surface area contributed by atoms with Gasteiger partial charge in [0.1, 0.15) is 0 Å². The molecule has 2 unspecified atom stereocenters. The Kier molecular flexibility index (Phi) is 4.69. The Morgan fingerprint density at radius 2 is 1.60 bits per heavy atom. The van der Waals surface area contributed by atoms with E-state index >= 15 is 0 Å². The number of halogens is 3. The molecule has 3 atom stereocenters. The van der Waals surface area contributed by atoms with E-state index in [1.807, 2.05) is 0 Å². The number of nitrogens with zero attached hydrogens (tertiary/aromatic N) is 1. The molecular weight excluding hydrogens is 267 g/mol. The van der Waals surface area contributed by atoms with E-state index in [2.05, 4.69) is 4.90 Å². The van der Waals surface area contributed by atoms with Gasteiger partial charge < -0.3 is 4.74 Å². The van der Waals surface area contributed by atoms with E-state index in [4.69, 9.17) is 4.74 Å². The second-order valence-corrected chi connectivity index (χ2v) is 7.17. The maximum absolute atomic E-state index is 13.2. The zero-order valence-corrected chi connectivity index (χ0v) is 12.7. The summed E-state index contributed by atoms with van der Waals surface area (Å²) in [4.78, 5) is 2.10. The highest BCUT2D eigenvalue weighted by Crippen LogP contribution is 2.38. The van der Waals surface area contributed by atoms with Crippen molar-refractivity contribution in [1.82, 2.24) is 4.90 Å². The molecule has 2 aliphatic rings. The van der Waals surface area contributed by atoms with Crippen LogP contribution in [0.4, 0.5) is 13.2 Å². The maximum atomic E-state index is 13.2. The SMILES string of the molecule is CC(C)(C)OC[C@@H](CN1C2CCCC1CC2)C(F)(F)F. The van der Waals surface area contributed by atoms with Crippen molar-refractivity contribution in [2.45, 2.75) is 76.7 Å². The molecule has 0 amide bonds. The molecular formula is C15H26F3NO. The Morgan fingerprint density at radius 3 is 2.05 bits per heavy atom. The summed E-state index contributed by atoms with van der Waals surface area (Å²) >= 11 is 0. The van der Waals surface area contributed by atoms with Crippen LogP contribution in [0, 0.1) is 5.92 Å². The van der Waals surface area contributed by atoms with Crippen molar-refractivity contribution >= 4 is 0 Å². The number of alkyl halides is 3. The Morgan fingerprint density at radius 1 is 1.05 bits per heavy atom. The van der Waals surface area contributed by atoms with Crippen LogP contribution in [0.3, 0.4) is 0 Å². The molecule has 5 heteroatoms. The molecule has 0 radical (unpaired) electrons. The predicted molar refractivity (Wildman–Crippen MR) is 72.6 cm³/mol. The molecule has 0 aromatic heterocycles. The van der Waals surface area contributed by atoms with Gasteiger partial charge in [-0.1, -0.05) is 6.42 Å². The summed E-state index contributed by atoms with van der Waals surface area (Å²) in [6.45, 7) is 5.26. The van der Waals surface area contributed by atoms with Crippen LogP contribution >= 0.6 is 0 Å². The van der Waals surface area contributed by atoms with Crippen molar-refractivity contribution in [3.8, 4) is 0 Å². The summed E-state index contributed by atoms with van der Waals surface area (Å²) in [5, 5.41) is 0. The van der Waals surface area contributed by atoms with Crippen LogP contribution < -0.4 is 0 Å². The van der Waals surface area contributed by atoms with Crippen molar-refractivity contribution < 1.29 is 17.9 Å². The predicted octanol–water partition coefficient (Wildman–Crippen LogP) is 4.00. The van der Waals surface area contributed by atoms with Gasteiger partial charge in [-0.3, -0.25) is 4.90 Å². The van der Waals surface area contributed by atoms with E-state index in [9.17, 15) is 13.2 Å². The Bertz CT molecular complexity index is 308. The summed E-state index contributed by atoms with van der Waals surface area (Å²) in [6, 6.07) is 0.737. The number of rotatable bonds is 4. The van der Waals surface area contributed by atoms with E-state index < -0.39 is 17.7 Å². The highest BCUT2D eigenvalue weighted by atomic mass is 19.4. The van der Waals surface area contributed by atoms with Crippen molar-refractivity contribution in [3.63, 3.8) is 0 Å². The first-order valence-corrected chi connectivity index (χ1v) is 7.63. The van der Waals surface area contributed by atoms with Gasteiger partial charge in [-0.15, -0.1) is 0 Å². The molecule has 2 saturated heterocycles. The lowest BCUT2D eigenvalue weighted by Crippen LogP contribution is -2.47. The van der Waals surface area contributed by atoms with Gasteiger partial charge in [0.05, 0.1) is 18.1 Å². The van der Waals surface area contributed by atoms with Gasteiger partial charge in [0.15, 0.2) is 0 Å². The summed E-state index contributed by atoms with van der Waals surface area (Å²) < 4.78 is 45.1. The molecule has 0 aromatic carbocycles. The molecule has 0 N–H and O–H groups in total. The molecule has 0 spiro atoms. The lowest BCUT2D eigenvalue weighted by atomic mass is 10.00. The van der Waals surface area contributed by atoms with E-state index in [1.54, 1.807) is 20.8 Å². The molecule has 0 saturated carbocycles. The lowest BCUT2D eigenvalue weighted by Gasteiger charge is -2.38. The smallest absolute Gasteiger partial charge is 0.375 e. The first-order chi connectivity index (χ1) is 9.17. The normalized spacial score (nSPS) is 29.7. The third-order valence-corrected chi connectivity index (χ3v) is 4.46. The molecule has 118 valence electrons. The molecule has 20 heavy (non-hydrogen) atoms. The molecule has 2 rings (SSSR count). The fourth-order valence-corrected chi connectivity index (χ4v) is 3.38. The van der Waals surface area contributed by atoms with Crippen LogP contribution in [0.15, 0.2) is 0 Å². The second kappa shape index (κ2) is 5.84. The number of fused-ring (bicyclic) bond motifs is 2. The minimum atomic E-state index is -4.18. The van der Waals surface area contributed by atoms with Gasteiger partial charge in [-0.05, 0) is 46.5 Å². The molecule has 2 fully saturated rings. The van der Waals surface area contributed by atoms with E-state index in [-0.39, 0.29) is 13.2 Å². The van der Waals surface area contributed by atoms with Gasteiger partial charge >= 0.3 is 6.18 Å². The number of ether oxygens (including phenoxy) is 1. The summed E-state index contributed by atoms with van der Waals surface area (Å²) in [7, 11) is 0. The first-order valence-electron chi connectivity index (χ1n) is 7.63. The van der Waals surface area contributed by atoms with Crippen molar-refractivity contribution in [2.75, 3.05) is 13.2 Å². The number of hydrogen-bond donors (Lipinski definition) is 0. The lowest BCUT2D eigenvalue weighted by molar-refractivity contribution is -0.203. The summed E-state index contributed by atoms with van der Waals surface area (Å²) in [5.41, 5.74) is -0.523. The van der Waals surface area contributed by atoms with E-state index in [0.717, 1.165) is 25.7 Å². The van der Waals surface area contributed by atoms with Gasteiger partial charge in [0, 0.05) is 18.6 Å². The third-order valence-electron chi connectivity index (χ3n) is 4.46. The largest absolute Gasteiger partial charge is 0.395 e. The molecule has 2 aliphatic heterocycles. The Hall–Kier alpha value is -0.290. The molecule has 2 nitrogen and oxygen atoms in total. The maximum Gasteiger partial charge on any atom is 0.395 e. The highest BCUT2D eigenvalue weighted by Gasteiger charge is 2.45. The molecule has 0 aromatic rings. The fraction of sp³-hybridized carbons (Fsp3) is 1.00. The Balaban J connectivity index is 1.97. The van der Waals surface area contributed by atoms with Crippen molar-refractivity contribution in [2.24, 2.45) is 5.92 Å². The van der Waals surface area contributed by atoms with Gasteiger partial charge in [-0.2, -0.15) is 13.2 Å². The standard InChI is InChI=1S/C15H26F3NO/c1-14(2,3)20-10-11(15(16,17)18)9-19-12-5-4-6-13(19)8-7-12/h11-13H,4-10H2,1-3H3/t11-,12?,13?/m1/s1. The van der Waals surface area contributed by atoms with E-state index in [1.165, 1.54) is 6.42 Å². The zero-order valence-electron chi connectivity index (χ0n) is 12.7. The average molecular weight is 293 g/mol. The summed E-state index contributed by atoms with van der Waals surface area (Å²) in [6.07, 6.45) is 1.23. The van der Waals surface area contributed by atoms with Crippen LogP contribution in [0.1, 0.15) is 52.9 Å². The van der Waals surface area contributed by atoms with Crippen molar-refractivity contribution in [1.29, 1.82) is 0 Å². The van der Waals surface area contributed by atoms with Crippen LogP contribution in [0.2, 0.25) is 0 Å². The zero-order chi connectivity index (χ0) is 15.0. The highest BCUT2D eigenvalue weighted by molar-refractivity contribution is 4.93. The second-order valence-electron chi connectivity index (χ2n) is 7.17. The molecule has 0 aliphatic carbocycles. The Labute approximate surface area is 119 Å². The molecule has 2 bridgehead atoms. The monoisotopic (exact) mass is 293 g/mol. The minimum Gasteiger partial charge on any atom is -0.375 e. The van der Waals surface area contributed by atoms with Gasteiger partial charge in [-0.25, -0.2) is 0 Å². The minimum absolute atomic E-state index is 0.106. The van der Waals surface area contributed by atoms with Crippen LogP contribution in [0.5, 0.6) is 0 Å². The summed E-state index contributed by atoms with van der Waals surface area (Å²) in [5.74, 6) is -1.37. The van der Waals surface area contributed by atoms with Crippen LogP contribution in [-0.4, -0.2) is 41.9 Å². The van der Waals surface area contributed by atoms with Crippen molar-refractivity contribution in [3.05, 3.63) is 0 Å². The third kappa shape index (κ3) is 4.10. The van der Waals surface area contributed by atoms with Gasteiger partial charge in [0.2, 0.25) is 0 Å². The number of hydrogen-bond acceptors (Lipinski definition) is 2. The van der Waals surface area contributed by atoms with Crippen LogP contribution in [0.25, 0.3) is 0 Å². The van der Waals surface area contributed by atoms with E-state index in [0.29, 0.717) is 12.1 Å². The first kappa shape index (κ1) is 16.1. The van der Waals surface area contributed by atoms with Crippen LogP contribution in [-0.2, 0) is 4.74 Å².